The van der Waals surface area contributed by atoms with Crippen LogP contribution in [-0.4, -0.2) is 31.9 Å². The van der Waals surface area contributed by atoms with Crippen LogP contribution in [0.25, 0.3) is 11.5 Å². The molecule has 8 heteroatoms. The molecule has 2 N–H and O–H groups in total. The number of aliphatic hydroxyl groups excluding tert-OH is 1. The van der Waals surface area contributed by atoms with Crippen LogP contribution in [0.4, 0.5) is 4.79 Å². The lowest BCUT2D eigenvalue weighted by atomic mass is 10.1. The Morgan fingerprint density at radius 3 is 2.54 bits per heavy atom. The molecule has 0 atom stereocenters. The molecule has 0 bridgehead atoms. The zero-order valence-corrected chi connectivity index (χ0v) is 14.5. The van der Waals surface area contributed by atoms with Crippen molar-refractivity contribution >= 4 is 6.09 Å². The van der Waals surface area contributed by atoms with E-state index >= 15 is 0 Å². The SMILES string of the molecule is CC(C)(C)OC(=O)NC(C)(C)c1noc(-c2ccc(CO)nc2)n1. The number of hydrogen-bond donors (Lipinski definition) is 2. The van der Waals surface area contributed by atoms with Gasteiger partial charge in [0.05, 0.1) is 17.9 Å². The summed E-state index contributed by atoms with van der Waals surface area (Å²) < 4.78 is 10.5. The molecule has 2 heterocycles. The van der Waals surface area contributed by atoms with Gasteiger partial charge in [0, 0.05) is 6.20 Å². The summed E-state index contributed by atoms with van der Waals surface area (Å²) in [5.74, 6) is 0.593. The first kappa shape index (κ1) is 17.9. The molecule has 0 saturated carbocycles. The maximum atomic E-state index is 11.9. The van der Waals surface area contributed by atoms with Gasteiger partial charge in [-0.05, 0) is 46.8 Å². The van der Waals surface area contributed by atoms with Gasteiger partial charge in [0.2, 0.25) is 0 Å². The van der Waals surface area contributed by atoms with E-state index < -0.39 is 17.2 Å². The molecule has 0 aromatic carbocycles. The Balaban J connectivity index is 2.14. The number of nitrogens with one attached hydrogen (secondary N) is 1. The zero-order chi connectivity index (χ0) is 18.0. The summed E-state index contributed by atoms with van der Waals surface area (Å²) in [6.07, 6.45) is 0.977. The van der Waals surface area contributed by atoms with E-state index in [0.29, 0.717) is 17.1 Å². The zero-order valence-electron chi connectivity index (χ0n) is 14.5. The van der Waals surface area contributed by atoms with Gasteiger partial charge < -0.3 is 19.7 Å². The van der Waals surface area contributed by atoms with Gasteiger partial charge in [0.25, 0.3) is 5.89 Å². The third-order valence-corrected chi connectivity index (χ3v) is 3.03. The Hall–Kier alpha value is -2.48. The van der Waals surface area contributed by atoms with Crippen LogP contribution in [0, 0.1) is 0 Å². The number of carbonyl (C=O) groups excluding carboxylic acids is 1. The third kappa shape index (κ3) is 4.51. The number of ether oxygens (including phenoxy) is 1. The maximum Gasteiger partial charge on any atom is 0.408 e. The fourth-order valence-corrected chi connectivity index (χ4v) is 1.85. The van der Waals surface area contributed by atoms with Crippen LogP contribution in [-0.2, 0) is 16.9 Å². The second-order valence-corrected chi connectivity index (χ2v) is 6.87. The van der Waals surface area contributed by atoms with E-state index in [1.165, 1.54) is 6.20 Å². The fraction of sp³-hybridized carbons (Fsp3) is 0.500. The number of hydrogen-bond acceptors (Lipinski definition) is 7. The van der Waals surface area contributed by atoms with Crippen molar-refractivity contribution in [3.05, 3.63) is 29.8 Å². The van der Waals surface area contributed by atoms with Crippen molar-refractivity contribution in [3.8, 4) is 11.5 Å². The standard InChI is InChI=1S/C16H22N4O4/c1-15(2,3)23-14(22)19-16(4,5)13-18-12(24-20-13)10-6-7-11(9-21)17-8-10/h6-8,21H,9H2,1-5H3,(H,19,22). The lowest BCUT2D eigenvalue weighted by molar-refractivity contribution is 0.0465. The number of alkyl carbamates (subject to hydrolysis) is 1. The number of rotatable bonds is 4. The van der Waals surface area contributed by atoms with E-state index in [9.17, 15) is 4.79 Å². The maximum absolute atomic E-state index is 11.9. The van der Waals surface area contributed by atoms with Gasteiger partial charge in [-0.3, -0.25) is 4.98 Å². The average Bonchev–Trinajstić information content (AvgIpc) is 2.95. The van der Waals surface area contributed by atoms with Crippen LogP contribution in [0.1, 0.15) is 46.1 Å². The molecule has 0 aliphatic heterocycles. The number of nitrogens with zero attached hydrogens (tertiary/aromatic N) is 3. The molecule has 2 rings (SSSR count). The summed E-state index contributed by atoms with van der Waals surface area (Å²) in [5, 5.41) is 15.6. The Bertz CT molecular complexity index is 702. The monoisotopic (exact) mass is 334 g/mol. The molecule has 0 saturated heterocycles. The second-order valence-electron chi connectivity index (χ2n) is 6.87. The van der Waals surface area contributed by atoms with E-state index in [1.807, 2.05) is 0 Å². The number of carbonyl (C=O) groups is 1. The van der Waals surface area contributed by atoms with E-state index in [4.69, 9.17) is 14.4 Å². The molecular weight excluding hydrogens is 312 g/mol. The van der Waals surface area contributed by atoms with E-state index in [0.717, 1.165) is 0 Å². The normalized spacial score (nSPS) is 12.1. The lowest BCUT2D eigenvalue weighted by Gasteiger charge is -2.26. The highest BCUT2D eigenvalue weighted by atomic mass is 16.6. The van der Waals surface area contributed by atoms with Gasteiger partial charge in [0.15, 0.2) is 5.82 Å². The second kappa shape index (κ2) is 6.56. The smallest absolute Gasteiger partial charge is 0.408 e. The van der Waals surface area contributed by atoms with Crippen molar-refractivity contribution in [2.75, 3.05) is 0 Å². The minimum Gasteiger partial charge on any atom is -0.444 e. The quantitative estimate of drug-likeness (QED) is 0.883. The minimum absolute atomic E-state index is 0.137. The summed E-state index contributed by atoms with van der Waals surface area (Å²) in [6.45, 7) is 8.72. The third-order valence-electron chi connectivity index (χ3n) is 3.03. The summed E-state index contributed by atoms with van der Waals surface area (Å²) in [7, 11) is 0. The van der Waals surface area contributed by atoms with Crippen molar-refractivity contribution in [3.63, 3.8) is 0 Å². The molecule has 2 aromatic rings. The molecule has 0 aliphatic rings. The van der Waals surface area contributed by atoms with Crippen LogP contribution in [0.5, 0.6) is 0 Å². The molecule has 0 spiro atoms. The summed E-state index contributed by atoms with van der Waals surface area (Å²) in [5.41, 5.74) is -0.296. The molecular formula is C16H22N4O4. The molecule has 1 amide bonds. The van der Waals surface area contributed by atoms with Gasteiger partial charge in [-0.2, -0.15) is 4.98 Å². The number of amides is 1. The molecule has 130 valence electrons. The van der Waals surface area contributed by atoms with Gasteiger partial charge in [-0.15, -0.1) is 0 Å². The predicted octanol–water partition coefficient (Wildman–Crippen LogP) is 2.38. The van der Waals surface area contributed by atoms with Crippen molar-refractivity contribution in [2.45, 2.75) is 52.4 Å². The average molecular weight is 334 g/mol. The lowest BCUT2D eigenvalue weighted by Crippen LogP contribution is -2.44. The van der Waals surface area contributed by atoms with Gasteiger partial charge in [0.1, 0.15) is 11.1 Å². The van der Waals surface area contributed by atoms with Crippen LogP contribution >= 0.6 is 0 Å². The molecule has 0 unspecified atom stereocenters. The number of aliphatic hydroxyl groups is 1. The highest BCUT2D eigenvalue weighted by molar-refractivity contribution is 5.68. The van der Waals surface area contributed by atoms with Crippen molar-refractivity contribution in [1.82, 2.24) is 20.4 Å². The van der Waals surface area contributed by atoms with Crippen molar-refractivity contribution in [2.24, 2.45) is 0 Å². The highest BCUT2D eigenvalue weighted by Crippen LogP contribution is 2.22. The fourth-order valence-electron chi connectivity index (χ4n) is 1.85. The van der Waals surface area contributed by atoms with Crippen LogP contribution in [0.15, 0.2) is 22.9 Å². The van der Waals surface area contributed by atoms with Gasteiger partial charge >= 0.3 is 6.09 Å². The first-order valence-corrected chi connectivity index (χ1v) is 7.52. The topological polar surface area (TPSA) is 110 Å². The van der Waals surface area contributed by atoms with Crippen molar-refractivity contribution in [1.29, 1.82) is 0 Å². The Morgan fingerprint density at radius 2 is 2.00 bits per heavy atom. The first-order chi connectivity index (χ1) is 11.1. The highest BCUT2D eigenvalue weighted by Gasteiger charge is 2.31. The van der Waals surface area contributed by atoms with Crippen molar-refractivity contribution < 1.29 is 19.2 Å². The molecule has 0 fully saturated rings. The Labute approximate surface area is 140 Å². The molecule has 0 radical (unpaired) electrons. The Morgan fingerprint density at radius 1 is 1.29 bits per heavy atom. The summed E-state index contributed by atoms with van der Waals surface area (Å²) in [6, 6.07) is 3.40. The van der Waals surface area contributed by atoms with E-state index in [2.05, 4.69) is 20.4 Å². The van der Waals surface area contributed by atoms with E-state index in [-0.39, 0.29) is 12.5 Å². The summed E-state index contributed by atoms with van der Waals surface area (Å²) in [4.78, 5) is 20.3. The van der Waals surface area contributed by atoms with Crippen LogP contribution in [0.2, 0.25) is 0 Å². The first-order valence-electron chi connectivity index (χ1n) is 7.52. The summed E-state index contributed by atoms with van der Waals surface area (Å²) >= 11 is 0. The predicted molar refractivity (Wildman–Crippen MR) is 85.8 cm³/mol. The van der Waals surface area contributed by atoms with E-state index in [1.54, 1.807) is 46.8 Å². The number of pyridine rings is 1. The van der Waals surface area contributed by atoms with Crippen LogP contribution < -0.4 is 5.32 Å². The number of aromatic nitrogens is 3. The van der Waals surface area contributed by atoms with Gasteiger partial charge in [-0.1, -0.05) is 5.16 Å². The largest absolute Gasteiger partial charge is 0.444 e. The minimum atomic E-state index is -0.872. The molecule has 0 aliphatic carbocycles. The molecule has 8 nitrogen and oxygen atoms in total. The van der Waals surface area contributed by atoms with Gasteiger partial charge in [-0.25, -0.2) is 4.79 Å². The molecule has 24 heavy (non-hydrogen) atoms. The Kier molecular flexibility index (Phi) is 4.88. The molecule has 2 aromatic heterocycles. The van der Waals surface area contributed by atoms with Crippen LogP contribution in [0.3, 0.4) is 0 Å².